The molecule has 1 amide bonds. The lowest BCUT2D eigenvalue weighted by Gasteiger charge is -2.14. The predicted molar refractivity (Wildman–Crippen MR) is 76.6 cm³/mol. The normalized spacial score (nSPS) is 18.2. The van der Waals surface area contributed by atoms with Crippen LogP contribution in [0.2, 0.25) is 0 Å². The number of carbonyl (C=O) groups is 1. The molecule has 1 atom stereocenters. The number of amides is 1. The van der Waals surface area contributed by atoms with Crippen LogP contribution in [-0.2, 0) is 9.57 Å². The van der Waals surface area contributed by atoms with Crippen LogP contribution in [0, 0.1) is 0 Å². The molecule has 110 valence electrons. The lowest BCUT2D eigenvalue weighted by molar-refractivity contribution is 0.0660. The zero-order chi connectivity index (χ0) is 14.4. The molecule has 20 heavy (non-hydrogen) atoms. The largest absolute Gasteiger partial charge is 0.443 e. The van der Waals surface area contributed by atoms with Gasteiger partial charge >= 0.3 is 6.09 Å². The van der Waals surface area contributed by atoms with Crippen molar-refractivity contribution in [3.63, 3.8) is 0 Å². The highest BCUT2D eigenvalue weighted by molar-refractivity contribution is 5.89. The summed E-state index contributed by atoms with van der Waals surface area (Å²) in [4.78, 5) is 18.3. The molecular formula is C13H20N4O3. The topological polar surface area (TPSA) is 88.8 Å². The van der Waals surface area contributed by atoms with Crippen molar-refractivity contribution in [2.45, 2.75) is 6.10 Å². The van der Waals surface area contributed by atoms with Crippen molar-refractivity contribution in [1.29, 1.82) is 0 Å². The summed E-state index contributed by atoms with van der Waals surface area (Å²) in [5.74, 6) is 0. The van der Waals surface area contributed by atoms with Gasteiger partial charge in [0.25, 0.3) is 0 Å². The van der Waals surface area contributed by atoms with Crippen LogP contribution in [0.3, 0.4) is 0 Å². The van der Waals surface area contributed by atoms with Gasteiger partial charge in [-0.15, -0.1) is 0 Å². The van der Waals surface area contributed by atoms with Crippen molar-refractivity contribution in [2.75, 3.05) is 43.5 Å². The Morgan fingerprint density at radius 3 is 2.80 bits per heavy atom. The zero-order valence-electron chi connectivity index (χ0n) is 11.5. The van der Waals surface area contributed by atoms with Gasteiger partial charge in [-0.2, -0.15) is 0 Å². The van der Waals surface area contributed by atoms with Gasteiger partial charge in [0.15, 0.2) is 0 Å². The van der Waals surface area contributed by atoms with E-state index < -0.39 is 0 Å². The van der Waals surface area contributed by atoms with E-state index in [4.69, 9.17) is 15.3 Å². The molecule has 1 unspecified atom stereocenters. The highest BCUT2D eigenvalue weighted by Gasteiger charge is 2.31. The predicted octanol–water partition coefficient (Wildman–Crippen LogP) is 0.533. The molecule has 1 saturated heterocycles. The van der Waals surface area contributed by atoms with Crippen molar-refractivity contribution in [3.05, 3.63) is 24.3 Å². The van der Waals surface area contributed by atoms with Gasteiger partial charge in [0, 0.05) is 31.5 Å². The zero-order valence-corrected chi connectivity index (χ0v) is 11.5. The summed E-state index contributed by atoms with van der Waals surface area (Å²) in [6, 6.07) is 7.58. The molecule has 0 spiro atoms. The number of nitrogens with zero attached hydrogens (tertiary/aromatic N) is 1. The summed E-state index contributed by atoms with van der Waals surface area (Å²) in [6.45, 7) is 2.10. The third kappa shape index (κ3) is 3.60. The first-order valence-corrected chi connectivity index (χ1v) is 6.55. The van der Waals surface area contributed by atoms with E-state index in [2.05, 4.69) is 10.8 Å². The number of hydrogen-bond acceptors (Lipinski definition) is 6. The van der Waals surface area contributed by atoms with E-state index in [1.807, 2.05) is 24.3 Å². The Balaban J connectivity index is 1.89. The molecule has 0 radical (unpaired) electrons. The van der Waals surface area contributed by atoms with Gasteiger partial charge in [0.05, 0.1) is 13.2 Å². The lowest BCUT2D eigenvalue weighted by Crippen LogP contribution is -2.27. The van der Waals surface area contributed by atoms with Crippen LogP contribution in [-0.4, -0.2) is 45.5 Å². The standard InChI is InChI=1S/C13H20N4O3/c1-15-19-7-6-16-10-2-4-11(5-3-10)17-9-12(8-14)20-13(17)18/h2-5,12,15-16H,6-9,14H2,1H3. The summed E-state index contributed by atoms with van der Waals surface area (Å²) in [5.41, 5.74) is 9.89. The number of anilines is 2. The summed E-state index contributed by atoms with van der Waals surface area (Å²) in [5, 5.41) is 3.21. The van der Waals surface area contributed by atoms with Gasteiger partial charge in [-0.1, -0.05) is 0 Å². The van der Waals surface area contributed by atoms with E-state index in [-0.39, 0.29) is 12.2 Å². The molecule has 0 bridgehead atoms. The minimum Gasteiger partial charge on any atom is -0.443 e. The molecular weight excluding hydrogens is 260 g/mol. The van der Waals surface area contributed by atoms with E-state index in [1.54, 1.807) is 11.9 Å². The van der Waals surface area contributed by atoms with Crippen LogP contribution >= 0.6 is 0 Å². The fourth-order valence-corrected chi connectivity index (χ4v) is 1.96. The third-order valence-electron chi connectivity index (χ3n) is 2.99. The molecule has 1 aromatic rings. The molecule has 7 heteroatoms. The molecule has 1 aliphatic rings. The second kappa shape index (κ2) is 7.09. The van der Waals surface area contributed by atoms with Crippen molar-refractivity contribution < 1.29 is 14.4 Å². The number of cyclic esters (lactones) is 1. The first kappa shape index (κ1) is 14.6. The van der Waals surface area contributed by atoms with Crippen LogP contribution < -0.4 is 21.4 Å². The van der Waals surface area contributed by atoms with Crippen molar-refractivity contribution in [3.8, 4) is 0 Å². The molecule has 0 aromatic heterocycles. The Morgan fingerprint density at radius 1 is 1.45 bits per heavy atom. The van der Waals surface area contributed by atoms with Crippen molar-refractivity contribution in [1.82, 2.24) is 5.48 Å². The first-order valence-electron chi connectivity index (χ1n) is 6.55. The summed E-state index contributed by atoms with van der Waals surface area (Å²) >= 11 is 0. The maximum atomic E-state index is 11.7. The van der Waals surface area contributed by atoms with E-state index >= 15 is 0 Å². The second-order valence-electron chi connectivity index (χ2n) is 4.38. The molecule has 2 rings (SSSR count). The smallest absolute Gasteiger partial charge is 0.414 e. The van der Waals surface area contributed by atoms with Crippen LogP contribution in [0.5, 0.6) is 0 Å². The SMILES string of the molecule is CNOCCNc1ccc(N2CC(CN)OC2=O)cc1. The molecule has 1 fully saturated rings. The number of nitrogens with one attached hydrogen (secondary N) is 2. The van der Waals surface area contributed by atoms with Crippen LogP contribution in [0.15, 0.2) is 24.3 Å². The molecule has 0 saturated carbocycles. The summed E-state index contributed by atoms with van der Waals surface area (Å²) < 4.78 is 5.12. The lowest BCUT2D eigenvalue weighted by atomic mass is 10.2. The Labute approximate surface area is 118 Å². The molecule has 1 heterocycles. The number of rotatable bonds is 7. The van der Waals surface area contributed by atoms with Gasteiger partial charge in [0.1, 0.15) is 6.10 Å². The van der Waals surface area contributed by atoms with E-state index in [9.17, 15) is 4.79 Å². The number of carbonyl (C=O) groups excluding carboxylic acids is 1. The van der Waals surface area contributed by atoms with Crippen molar-refractivity contribution >= 4 is 17.5 Å². The Morgan fingerprint density at radius 2 is 2.20 bits per heavy atom. The summed E-state index contributed by atoms with van der Waals surface area (Å²) in [7, 11) is 1.72. The fraction of sp³-hybridized carbons (Fsp3) is 0.462. The fourth-order valence-electron chi connectivity index (χ4n) is 1.96. The van der Waals surface area contributed by atoms with Crippen LogP contribution in [0.25, 0.3) is 0 Å². The van der Waals surface area contributed by atoms with Crippen LogP contribution in [0.4, 0.5) is 16.2 Å². The average Bonchev–Trinajstić information content (AvgIpc) is 2.85. The van der Waals surface area contributed by atoms with Gasteiger partial charge < -0.3 is 20.6 Å². The third-order valence-corrected chi connectivity index (χ3v) is 2.99. The minimum atomic E-state index is -0.344. The van der Waals surface area contributed by atoms with Gasteiger partial charge in [-0.05, 0) is 24.3 Å². The quantitative estimate of drug-likeness (QED) is 0.499. The average molecular weight is 280 g/mol. The molecule has 1 aliphatic heterocycles. The Kier molecular flexibility index (Phi) is 5.16. The number of hydrogen-bond donors (Lipinski definition) is 3. The molecule has 7 nitrogen and oxygen atoms in total. The molecule has 1 aromatic carbocycles. The molecule has 0 aliphatic carbocycles. The second-order valence-corrected chi connectivity index (χ2v) is 4.38. The van der Waals surface area contributed by atoms with Gasteiger partial charge in [-0.3, -0.25) is 4.90 Å². The number of ether oxygens (including phenoxy) is 1. The Hall–Kier alpha value is -1.83. The van der Waals surface area contributed by atoms with E-state index in [0.717, 1.165) is 11.4 Å². The van der Waals surface area contributed by atoms with E-state index in [0.29, 0.717) is 26.2 Å². The highest BCUT2D eigenvalue weighted by Crippen LogP contribution is 2.23. The highest BCUT2D eigenvalue weighted by atomic mass is 16.6. The number of nitrogens with two attached hydrogens (primary N) is 1. The number of hydroxylamine groups is 1. The monoisotopic (exact) mass is 280 g/mol. The maximum Gasteiger partial charge on any atom is 0.414 e. The molecule has 4 N–H and O–H groups in total. The number of benzene rings is 1. The summed E-state index contributed by atoms with van der Waals surface area (Å²) in [6.07, 6.45) is -0.567. The minimum absolute atomic E-state index is 0.223. The van der Waals surface area contributed by atoms with E-state index in [1.165, 1.54) is 0 Å². The van der Waals surface area contributed by atoms with Gasteiger partial charge in [-0.25, -0.2) is 10.3 Å². The van der Waals surface area contributed by atoms with Crippen LogP contribution in [0.1, 0.15) is 0 Å². The van der Waals surface area contributed by atoms with Crippen molar-refractivity contribution in [2.24, 2.45) is 5.73 Å². The van der Waals surface area contributed by atoms with Gasteiger partial charge in [0.2, 0.25) is 0 Å². The first-order chi connectivity index (χ1) is 9.74. The maximum absolute atomic E-state index is 11.7. The Bertz CT molecular complexity index is 438.